The molecule has 1 aromatic rings. The summed E-state index contributed by atoms with van der Waals surface area (Å²) in [5.41, 5.74) is 1.76. The van der Waals surface area contributed by atoms with Gasteiger partial charge < -0.3 is 19.6 Å². The fraction of sp³-hybridized carbons (Fsp3) is 0.471. The molecule has 7 heteroatoms. The van der Waals surface area contributed by atoms with Crippen LogP contribution in [0, 0.1) is 12.8 Å². The maximum Gasteiger partial charge on any atom is 0.331 e. The van der Waals surface area contributed by atoms with Crippen molar-refractivity contribution in [1.82, 2.24) is 4.90 Å². The molecule has 0 aliphatic carbocycles. The van der Waals surface area contributed by atoms with Gasteiger partial charge in [0.05, 0.1) is 18.2 Å². The standard InChI is InChI=1S/C17H20N2O5/c1-11-2-3-14-13(8-11)19(10-16(21)24-14)9-15(20)18-6-4-12(5-7-18)17(22)23/h2-3,8,12H,4-7,9-10H2,1H3,(H,22,23). The third-order valence-corrected chi connectivity index (χ3v) is 4.52. The number of rotatable bonds is 3. The maximum absolute atomic E-state index is 12.5. The van der Waals surface area contributed by atoms with Gasteiger partial charge in [-0.25, -0.2) is 4.79 Å². The predicted octanol–water partition coefficient (Wildman–Crippen LogP) is 1.04. The summed E-state index contributed by atoms with van der Waals surface area (Å²) in [6.07, 6.45) is 0.942. The number of fused-ring (bicyclic) bond motifs is 1. The van der Waals surface area contributed by atoms with E-state index in [4.69, 9.17) is 9.84 Å². The molecule has 0 atom stereocenters. The van der Waals surface area contributed by atoms with Crippen molar-refractivity contribution in [2.24, 2.45) is 5.92 Å². The third kappa shape index (κ3) is 3.34. The number of hydrogen-bond donors (Lipinski definition) is 1. The summed E-state index contributed by atoms with van der Waals surface area (Å²) >= 11 is 0. The number of ether oxygens (including phenoxy) is 1. The maximum atomic E-state index is 12.5. The number of aryl methyl sites for hydroxylation is 1. The molecule has 2 heterocycles. The summed E-state index contributed by atoms with van der Waals surface area (Å²) in [6, 6.07) is 5.48. The Hall–Kier alpha value is -2.57. The van der Waals surface area contributed by atoms with Crippen molar-refractivity contribution in [2.45, 2.75) is 19.8 Å². The molecular formula is C17H20N2O5. The number of likely N-dealkylation sites (tertiary alicyclic amines) is 1. The normalized spacial score (nSPS) is 18.1. The Morgan fingerprint density at radius 3 is 2.67 bits per heavy atom. The van der Waals surface area contributed by atoms with Crippen LogP contribution in [-0.2, 0) is 14.4 Å². The van der Waals surface area contributed by atoms with Gasteiger partial charge >= 0.3 is 11.9 Å². The summed E-state index contributed by atoms with van der Waals surface area (Å²) in [5.74, 6) is -1.19. The van der Waals surface area contributed by atoms with E-state index < -0.39 is 5.97 Å². The molecule has 128 valence electrons. The minimum absolute atomic E-state index is 0.0355. The minimum atomic E-state index is -0.801. The SMILES string of the molecule is Cc1ccc2c(c1)N(CC(=O)N1CCC(C(=O)O)CC1)CC(=O)O2. The number of aliphatic carboxylic acids is 1. The molecule has 7 nitrogen and oxygen atoms in total. The summed E-state index contributed by atoms with van der Waals surface area (Å²) in [5, 5.41) is 9.03. The Morgan fingerprint density at radius 2 is 2.00 bits per heavy atom. The van der Waals surface area contributed by atoms with E-state index in [1.165, 1.54) is 0 Å². The second-order valence-electron chi connectivity index (χ2n) is 6.29. The van der Waals surface area contributed by atoms with Gasteiger partial charge in [0.25, 0.3) is 0 Å². The fourth-order valence-corrected chi connectivity index (χ4v) is 3.14. The highest BCUT2D eigenvalue weighted by atomic mass is 16.5. The lowest BCUT2D eigenvalue weighted by Gasteiger charge is -2.34. The number of anilines is 1. The summed E-state index contributed by atoms with van der Waals surface area (Å²) in [6.45, 7) is 2.94. The first-order valence-electron chi connectivity index (χ1n) is 8.01. The monoisotopic (exact) mass is 332 g/mol. The molecule has 24 heavy (non-hydrogen) atoms. The Kier molecular flexibility index (Phi) is 4.42. The van der Waals surface area contributed by atoms with Crippen LogP contribution in [0.5, 0.6) is 5.75 Å². The Bertz CT molecular complexity index is 680. The van der Waals surface area contributed by atoms with Crippen molar-refractivity contribution in [2.75, 3.05) is 31.1 Å². The van der Waals surface area contributed by atoms with Gasteiger partial charge in [-0.1, -0.05) is 6.07 Å². The van der Waals surface area contributed by atoms with Crippen LogP contribution in [0.2, 0.25) is 0 Å². The van der Waals surface area contributed by atoms with Crippen LogP contribution in [0.1, 0.15) is 18.4 Å². The molecular weight excluding hydrogens is 312 g/mol. The molecule has 0 unspecified atom stereocenters. The lowest BCUT2D eigenvalue weighted by molar-refractivity contribution is -0.145. The number of carbonyl (C=O) groups excluding carboxylic acids is 2. The van der Waals surface area contributed by atoms with Gasteiger partial charge in [-0.2, -0.15) is 0 Å². The summed E-state index contributed by atoms with van der Waals surface area (Å²) in [4.78, 5) is 38.7. The molecule has 0 spiro atoms. The molecule has 0 aromatic heterocycles. The van der Waals surface area contributed by atoms with Crippen molar-refractivity contribution >= 4 is 23.5 Å². The molecule has 0 bridgehead atoms. The first-order chi connectivity index (χ1) is 11.4. The molecule has 2 aliphatic heterocycles. The topological polar surface area (TPSA) is 87.2 Å². The van der Waals surface area contributed by atoms with Gasteiger partial charge in [0.1, 0.15) is 6.54 Å². The molecule has 1 fully saturated rings. The lowest BCUT2D eigenvalue weighted by Crippen LogP contribution is -2.47. The van der Waals surface area contributed by atoms with Crippen molar-refractivity contribution < 1.29 is 24.2 Å². The smallest absolute Gasteiger partial charge is 0.331 e. The minimum Gasteiger partial charge on any atom is -0.481 e. The van der Waals surface area contributed by atoms with Crippen molar-refractivity contribution in [3.63, 3.8) is 0 Å². The Morgan fingerprint density at radius 1 is 1.29 bits per heavy atom. The van der Waals surface area contributed by atoms with E-state index >= 15 is 0 Å². The Balaban J connectivity index is 1.68. The molecule has 1 amide bonds. The first kappa shape index (κ1) is 16.3. The zero-order valence-corrected chi connectivity index (χ0v) is 13.5. The number of nitrogens with zero attached hydrogens (tertiary/aromatic N) is 2. The van der Waals surface area contributed by atoms with Crippen LogP contribution in [0.3, 0.4) is 0 Å². The van der Waals surface area contributed by atoms with Crippen LogP contribution >= 0.6 is 0 Å². The fourth-order valence-electron chi connectivity index (χ4n) is 3.14. The average molecular weight is 332 g/mol. The van der Waals surface area contributed by atoms with E-state index in [0.29, 0.717) is 31.7 Å². The van der Waals surface area contributed by atoms with Gasteiger partial charge in [-0.3, -0.25) is 9.59 Å². The highest BCUT2D eigenvalue weighted by molar-refractivity contribution is 5.89. The van der Waals surface area contributed by atoms with Crippen LogP contribution in [0.25, 0.3) is 0 Å². The number of carboxylic acids is 1. The van der Waals surface area contributed by atoms with Crippen LogP contribution in [-0.4, -0.2) is 54.0 Å². The van der Waals surface area contributed by atoms with E-state index in [1.54, 1.807) is 15.9 Å². The number of esters is 1. The second kappa shape index (κ2) is 6.51. The van der Waals surface area contributed by atoms with Crippen molar-refractivity contribution in [1.29, 1.82) is 0 Å². The second-order valence-corrected chi connectivity index (χ2v) is 6.29. The van der Waals surface area contributed by atoms with Crippen LogP contribution in [0.15, 0.2) is 18.2 Å². The van der Waals surface area contributed by atoms with Gasteiger partial charge in [0.2, 0.25) is 5.91 Å². The molecule has 1 aromatic carbocycles. The highest BCUT2D eigenvalue weighted by Gasteiger charge is 2.30. The van der Waals surface area contributed by atoms with Gasteiger partial charge in [0.15, 0.2) is 5.75 Å². The number of benzene rings is 1. The number of hydrogen-bond acceptors (Lipinski definition) is 5. The van der Waals surface area contributed by atoms with Gasteiger partial charge in [0, 0.05) is 13.1 Å². The van der Waals surface area contributed by atoms with E-state index in [0.717, 1.165) is 11.3 Å². The zero-order chi connectivity index (χ0) is 17.3. The van der Waals surface area contributed by atoms with Crippen molar-refractivity contribution in [3.8, 4) is 5.75 Å². The Labute approximate surface area is 139 Å². The first-order valence-corrected chi connectivity index (χ1v) is 8.01. The van der Waals surface area contributed by atoms with Gasteiger partial charge in [-0.15, -0.1) is 0 Å². The van der Waals surface area contributed by atoms with Crippen LogP contribution in [0.4, 0.5) is 5.69 Å². The molecule has 3 rings (SSSR count). The van der Waals surface area contributed by atoms with Gasteiger partial charge in [-0.05, 0) is 37.5 Å². The van der Waals surface area contributed by atoms with Crippen LogP contribution < -0.4 is 9.64 Å². The largest absolute Gasteiger partial charge is 0.481 e. The number of piperidine rings is 1. The molecule has 2 aliphatic rings. The number of carbonyl (C=O) groups is 3. The van der Waals surface area contributed by atoms with Crippen molar-refractivity contribution in [3.05, 3.63) is 23.8 Å². The third-order valence-electron chi connectivity index (χ3n) is 4.52. The quantitative estimate of drug-likeness (QED) is 0.657. The molecule has 1 saturated heterocycles. The average Bonchev–Trinajstić information content (AvgIpc) is 2.55. The van der Waals surface area contributed by atoms with E-state index in [1.807, 2.05) is 19.1 Å². The molecule has 1 N–H and O–H groups in total. The summed E-state index contributed by atoms with van der Waals surface area (Å²) < 4.78 is 5.21. The van der Waals surface area contributed by atoms with E-state index in [9.17, 15) is 14.4 Å². The highest BCUT2D eigenvalue weighted by Crippen LogP contribution is 2.32. The van der Waals surface area contributed by atoms with E-state index in [-0.39, 0.29) is 30.9 Å². The zero-order valence-electron chi connectivity index (χ0n) is 13.5. The molecule has 0 radical (unpaired) electrons. The molecule has 0 saturated carbocycles. The van der Waals surface area contributed by atoms with E-state index in [2.05, 4.69) is 0 Å². The predicted molar refractivity (Wildman–Crippen MR) is 86.0 cm³/mol. The number of carboxylic acid groups (broad SMARTS) is 1. The summed E-state index contributed by atoms with van der Waals surface area (Å²) in [7, 11) is 0. The number of amides is 1. The lowest BCUT2D eigenvalue weighted by atomic mass is 9.97.